The van der Waals surface area contributed by atoms with Gasteiger partial charge in [0, 0.05) is 24.2 Å². The summed E-state index contributed by atoms with van der Waals surface area (Å²) in [6.45, 7) is 1.96. The van der Waals surface area contributed by atoms with Gasteiger partial charge in [-0.2, -0.15) is 10.2 Å². The average Bonchev–Trinajstić information content (AvgIpc) is 3.80. The van der Waals surface area contributed by atoms with Gasteiger partial charge in [-0.25, -0.2) is 0 Å². The molecule has 15 nitrogen and oxygen atoms in total. The first-order valence-electron chi connectivity index (χ1n) is 12.6. The Kier molecular flexibility index (Phi) is 11.0. The third kappa shape index (κ3) is 9.50. The molecule has 2 atom stereocenters. The number of non-ortho nitro benzene ring substituents is 1. The fourth-order valence-corrected chi connectivity index (χ4v) is 5.14. The lowest BCUT2D eigenvalue weighted by atomic mass is 10.2. The van der Waals surface area contributed by atoms with Crippen LogP contribution in [0.1, 0.15) is 31.3 Å². The van der Waals surface area contributed by atoms with E-state index in [1.165, 1.54) is 54.7 Å². The highest BCUT2D eigenvalue weighted by Gasteiger charge is 2.32. The first-order chi connectivity index (χ1) is 20.8. The maximum absolute atomic E-state index is 12.1. The molecule has 0 radical (unpaired) electrons. The number of carbonyl (C=O) groups is 3. The summed E-state index contributed by atoms with van der Waals surface area (Å²) in [7, 11) is 0. The number of thioether (sulfide) groups is 2. The highest BCUT2D eigenvalue weighted by atomic mass is 32.2. The maximum atomic E-state index is 12.1. The van der Waals surface area contributed by atoms with E-state index < -0.39 is 16.1 Å². The number of anilines is 1. The highest BCUT2D eigenvalue weighted by Crippen LogP contribution is 2.24. The normalized spacial score (nSPS) is 19.9. The van der Waals surface area contributed by atoms with E-state index in [1.54, 1.807) is 30.5 Å². The molecule has 17 heteroatoms. The molecule has 0 spiro atoms. The van der Waals surface area contributed by atoms with Crippen molar-refractivity contribution in [1.29, 1.82) is 0 Å². The van der Waals surface area contributed by atoms with Crippen LogP contribution in [0.4, 0.5) is 11.4 Å². The number of nitro benzene ring substituents is 1. The Bertz CT molecular complexity index is 1550. The van der Waals surface area contributed by atoms with E-state index in [4.69, 9.17) is 8.83 Å². The van der Waals surface area contributed by atoms with Crippen molar-refractivity contribution in [2.24, 2.45) is 20.4 Å². The summed E-state index contributed by atoms with van der Waals surface area (Å²) in [5, 5.41) is 34.0. The van der Waals surface area contributed by atoms with E-state index in [-0.39, 0.29) is 34.3 Å². The molecule has 0 bridgehead atoms. The van der Waals surface area contributed by atoms with E-state index in [0.29, 0.717) is 22.4 Å². The second kappa shape index (κ2) is 15.3. The van der Waals surface area contributed by atoms with Crippen LogP contribution in [0.15, 0.2) is 90.3 Å². The van der Waals surface area contributed by atoms with E-state index in [2.05, 4.69) is 36.4 Å². The lowest BCUT2D eigenvalue weighted by Gasteiger charge is -2.07. The number of nitrogens with zero attached hydrogens (tertiary/aromatic N) is 5. The van der Waals surface area contributed by atoms with Gasteiger partial charge in [-0.1, -0.05) is 30.4 Å². The summed E-state index contributed by atoms with van der Waals surface area (Å²) in [4.78, 5) is 45.4. The summed E-state index contributed by atoms with van der Waals surface area (Å²) >= 11 is 2.50. The molecule has 0 aliphatic carbocycles. The molecule has 2 aromatic heterocycles. The third-order valence-corrected chi connectivity index (χ3v) is 7.72. The first-order valence-corrected chi connectivity index (χ1v) is 14.3. The lowest BCUT2D eigenvalue weighted by molar-refractivity contribution is -0.384. The van der Waals surface area contributed by atoms with Crippen LogP contribution in [0.3, 0.4) is 0 Å². The molecule has 2 unspecified atom stereocenters. The van der Waals surface area contributed by atoms with Crippen molar-refractivity contribution in [2.75, 3.05) is 5.32 Å². The van der Waals surface area contributed by atoms with Crippen molar-refractivity contribution >= 4 is 75.4 Å². The van der Waals surface area contributed by atoms with E-state index >= 15 is 0 Å². The minimum absolute atomic E-state index is 0.000511. The fourth-order valence-electron chi connectivity index (χ4n) is 3.36. The van der Waals surface area contributed by atoms with Crippen LogP contribution in [-0.2, 0) is 14.4 Å². The number of furan rings is 2. The number of hydrogen-bond acceptors (Lipinski definition) is 13. The molecule has 222 valence electrons. The van der Waals surface area contributed by atoms with Gasteiger partial charge in [-0.3, -0.25) is 24.5 Å². The Morgan fingerprint density at radius 1 is 0.930 bits per heavy atom. The summed E-state index contributed by atoms with van der Waals surface area (Å²) in [5.74, 6) is 0.417. The molecule has 5 rings (SSSR count). The molecule has 43 heavy (non-hydrogen) atoms. The summed E-state index contributed by atoms with van der Waals surface area (Å²) < 4.78 is 10.1. The van der Waals surface area contributed by atoms with Crippen LogP contribution in [0, 0.1) is 10.1 Å². The van der Waals surface area contributed by atoms with Crippen LogP contribution in [0.2, 0.25) is 0 Å². The molecule has 1 aromatic carbocycles. The standard InChI is InChI=1S/C16H13N5O5S.C10H11N3O2S/c22-14(18-10-3-5-11(6-4-10)21(24)25)8-13-15(23)19-16(27-13)20-17-9-12-2-1-7-26-12;1-2-8-9(14)12-10(16-8)13-11-6-7-4-3-5-15-7/h1-7,9,13H,8H2,(H,18,22)(H,19,20,23);3-6,8H,2H2,1H3,(H,12,13,14)/b17-9-;11-6-. The quantitative estimate of drug-likeness (QED) is 0.180. The number of hydrogen-bond donors (Lipinski definition) is 3. The fraction of sp³-hybridized carbons (Fsp3) is 0.192. The van der Waals surface area contributed by atoms with Gasteiger partial charge in [-0.05, 0) is 42.8 Å². The number of nitrogens with one attached hydrogen (secondary N) is 3. The lowest BCUT2D eigenvalue weighted by Crippen LogP contribution is -2.28. The number of benzene rings is 1. The molecule has 4 heterocycles. The Hall–Kier alpha value is -5.03. The molecule has 0 saturated carbocycles. The van der Waals surface area contributed by atoms with Crippen molar-refractivity contribution < 1.29 is 28.1 Å². The molecule has 2 saturated heterocycles. The number of carbonyl (C=O) groups excluding carboxylic acids is 3. The number of amides is 3. The SMILES string of the molecule is CCC1S/C(=N/N=C\c2ccco2)NC1=O.O=C(CC1S/C(=N/N=C\c2ccco2)NC1=O)Nc1ccc([N+](=O)[O-])cc1. The van der Waals surface area contributed by atoms with Gasteiger partial charge >= 0.3 is 0 Å². The maximum Gasteiger partial charge on any atom is 0.269 e. The Morgan fingerprint density at radius 3 is 1.93 bits per heavy atom. The highest BCUT2D eigenvalue weighted by molar-refractivity contribution is 8.15. The van der Waals surface area contributed by atoms with Crippen LogP contribution in [-0.4, -0.2) is 55.9 Å². The van der Waals surface area contributed by atoms with Crippen LogP contribution < -0.4 is 16.0 Å². The molecule has 3 N–H and O–H groups in total. The number of nitro groups is 1. The molecule has 2 aliphatic heterocycles. The zero-order chi connectivity index (χ0) is 30.6. The predicted octanol–water partition coefficient (Wildman–Crippen LogP) is 3.75. The zero-order valence-corrected chi connectivity index (χ0v) is 24.0. The molecule has 2 fully saturated rings. The topological polar surface area (TPSA) is 206 Å². The van der Waals surface area contributed by atoms with Gasteiger partial charge in [0.05, 0.1) is 35.1 Å². The monoisotopic (exact) mass is 624 g/mol. The van der Waals surface area contributed by atoms with Crippen LogP contribution >= 0.6 is 23.5 Å². The van der Waals surface area contributed by atoms with E-state index in [1.807, 2.05) is 6.92 Å². The first kappa shape index (κ1) is 30.9. The van der Waals surface area contributed by atoms with Crippen molar-refractivity contribution in [3.8, 4) is 0 Å². The van der Waals surface area contributed by atoms with Gasteiger partial charge in [-0.15, -0.1) is 10.2 Å². The Labute approximate surface area is 252 Å². The Morgan fingerprint density at radius 2 is 1.47 bits per heavy atom. The molecule has 2 aliphatic rings. The third-order valence-electron chi connectivity index (χ3n) is 5.41. The van der Waals surface area contributed by atoms with Crippen molar-refractivity contribution in [2.45, 2.75) is 30.3 Å². The van der Waals surface area contributed by atoms with Crippen LogP contribution in [0.5, 0.6) is 0 Å². The summed E-state index contributed by atoms with van der Waals surface area (Å²) in [5.41, 5.74) is 0.334. The Balaban J connectivity index is 0.000000225. The number of amidine groups is 2. The second-order valence-corrected chi connectivity index (χ2v) is 10.9. The molecular weight excluding hydrogens is 600 g/mol. The van der Waals surface area contributed by atoms with Crippen molar-refractivity contribution in [3.05, 3.63) is 82.7 Å². The predicted molar refractivity (Wildman–Crippen MR) is 163 cm³/mol. The number of rotatable bonds is 9. The molecule has 3 aromatic rings. The minimum atomic E-state index is -0.638. The van der Waals surface area contributed by atoms with Gasteiger partial charge in [0.2, 0.25) is 17.7 Å². The zero-order valence-electron chi connectivity index (χ0n) is 22.4. The largest absolute Gasteiger partial charge is 0.463 e. The minimum Gasteiger partial charge on any atom is -0.463 e. The molecule has 3 amide bonds. The van der Waals surface area contributed by atoms with Gasteiger partial charge < -0.3 is 24.8 Å². The van der Waals surface area contributed by atoms with Crippen molar-refractivity contribution in [1.82, 2.24) is 10.6 Å². The molecular formula is C26H24N8O7S2. The second-order valence-electron chi connectivity index (χ2n) is 8.49. The van der Waals surface area contributed by atoms with Gasteiger partial charge in [0.1, 0.15) is 16.8 Å². The van der Waals surface area contributed by atoms with Crippen LogP contribution in [0.25, 0.3) is 0 Å². The van der Waals surface area contributed by atoms with E-state index in [9.17, 15) is 24.5 Å². The van der Waals surface area contributed by atoms with E-state index in [0.717, 1.165) is 18.2 Å². The van der Waals surface area contributed by atoms with Gasteiger partial charge in [0.25, 0.3) is 5.69 Å². The summed E-state index contributed by atoms with van der Waals surface area (Å²) in [6.07, 6.45) is 6.67. The van der Waals surface area contributed by atoms with Crippen molar-refractivity contribution in [3.63, 3.8) is 0 Å². The average molecular weight is 625 g/mol. The summed E-state index contributed by atoms with van der Waals surface area (Å²) in [6, 6.07) is 12.4. The van der Waals surface area contributed by atoms with Gasteiger partial charge in [0.15, 0.2) is 10.3 Å². The smallest absolute Gasteiger partial charge is 0.269 e.